The Morgan fingerprint density at radius 3 is 2.86 bits per heavy atom. The molecule has 2 saturated heterocycles. The van der Waals surface area contributed by atoms with Crippen molar-refractivity contribution < 1.29 is 14.6 Å². The van der Waals surface area contributed by atoms with Gasteiger partial charge in [-0.2, -0.15) is 11.3 Å². The molecule has 0 radical (unpaired) electrons. The van der Waals surface area contributed by atoms with Crippen LogP contribution in [0.4, 0.5) is 0 Å². The standard InChI is InChI=1S/C16H24N2O3S/c19-7-6-17(11-13-4-10-22-12-13)15-1-5-18(16(15)20)14-2-8-21-9-3-14/h4,10,12,14-15,19H,1-3,5-9,11H2/t15-/m0/s1. The highest BCUT2D eigenvalue weighted by Crippen LogP contribution is 2.25. The second-order valence-electron chi connectivity index (χ2n) is 6.01. The first-order valence-corrected chi connectivity index (χ1v) is 8.98. The van der Waals surface area contributed by atoms with Crippen LogP contribution in [0, 0.1) is 0 Å². The summed E-state index contributed by atoms with van der Waals surface area (Å²) in [6, 6.07) is 2.34. The number of hydrogen-bond donors (Lipinski definition) is 1. The van der Waals surface area contributed by atoms with Gasteiger partial charge in [-0.15, -0.1) is 0 Å². The van der Waals surface area contributed by atoms with E-state index in [2.05, 4.69) is 21.7 Å². The summed E-state index contributed by atoms with van der Waals surface area (Å²) in [6.07, 6.45) is 2.76. The monoisotopic (exact) mass is 324 g/mol. The lowest BCUT2D eigenvalue weighted by atomic mass is 10.1. The molecule has 0 saturated carbocycles. The van der Waals surface area contributed by atoms with Gasteiger partial charge in [-0.05, 0) is 41.7 Å². The van der Waals surface area contributed by atoms with E-state index in [0.29, 0.717) is 12.6 Å². The van der Waals surface area contributed by atoms with Crippen LogP contribution in [0.1, 0.15) is 24.8 Å². The molecule has 2 aliphatic rings. The van der Waals surface area contributed by atoms with Gasteiger partial charge in [-0.3, -0.25) is 9.69 Å². The number of ether oxygens (including phenoxy) is 1. The Bertz CT molecular complexity index is 474. The lowest BCUT2D eigenvalue weighted by Crippen LogP contribution is -2.46. The van der Waals surface area contributed by atoms with Crippen LogP contribution in [-0.4, -0.2) is 65.8 Å². The molecule has 0 unspecified atom stereocenters. The van der Waals surface area contributed by atoms with E-state index in [9.17, 15) is 9.90 Å². The van der Waals surface area contributed by atoms with E-state index in [1.54, 1.807) is 11.3 Å². The second kappa shape index (κ2) is 7.55. The third kappa shape index (κ3) is 3.51. The summed E-state index contributed by atoms with van der Waals surface area (Å²) in [4.78, 5) is 17.0. The van der Waals surface area contributed by atoms with Crippen LogP contribution in [0.2, 0.25) is 0 Å². The van der Waals surface area contributed by atoms with E-state index < -0.39 is 0 Å². The maximum atomic E-state index is 12.8. The van der Waals surface area contributed by atoms with E-state index in [0.717, 1.165) is 45.6 Å². The summed E-state index contributed by atoms with van der Waals surface area (Å²) in [5.41, 5.74) is 1.22. The number of aliphatic hydroxyl groups is 1. The summed E-state index contributed by atoms with van der Waals surface area (Å²) in [5.74, 6) is 0.232. The van der Waals surface area contributed by atoms with Crippen molar-refractivity contribution in [3.05, 3.63) is 22.4 Å². The zero-order chi connectivity index (χ0) is 15.4. The first kappa shape index (κ1) is 15.9. The highest BCUT2D eigenvalue weighted by molar-refractivity contribution is 7.07. The van der Waals surface area contributed by atoms with Gasteiger partial charge in [0.1, 0.15) is 0 Å². The largest absolute Gasteiger partial charge is 0.395 e. The van der Waals surface area contributed by atoms with Crippen molar-refractivity contribution >= 4 is 17.2 Å². The normalized spacial score (nSPS) is 23.6. The highest BCUT2D eigenvalue weighted by Gasteiger charge is 2.39. The molecule has 1 aromatic heterocycles. The molecule has 0 aliphatic carbocycles. The minimum absolute atomic E-state index is 0.0881. The first-order chi connectivity index (χ1) is 10.8. The quantitative estimate of drug-likeness (QED) is 0.857. The zero-order valence-electron chi connectivity index (χ0n) is 12.8. The Hall–Kier alpha value is -0.950. The van der Waals surface area contributed by atoms with Crippen LogP contribution in [0.3, 0.4) is 0 Å². The van der Waals surface area contributed by atoms with Gasteiger partial charge in [0.05, 0.1) is 12.6 Å². The number of nitrogens with zero attached hydrogens (tertiary/aromatic N) is 2. The number of rotatable bonds is 6. The number of aliphatic hydroxyl groups excluding tert-OH is 1. The van der Waals surface area contributed by atoms with E-state index in [1.807, 2.05) is 4.90 Å². The molecular weight excluding hydrogens is 300 g/mol. The summed E-state index contributed by atoms with van der Waals surface area (Å²) >= 11 is 1.67. The van der Waals surface area contributed by atoms with Crippen LogP contribution < -0.4 is 0 Å². The predicted octanol–water partition coefficient (Wildman–Crippen LogP) is 1.32. The van der Waals surface area contributed by atoms with E-state index in [-0.39, 0.29) is 18.6 Å². The number of likely N-dealkylation sites (tertiary alicyclic amines) is 1. The molecule has 22 heavy (non-hydrogen) atoms. The number of carbonyl (C=O) groups excluding carboxylic acids is 1. The molecule has 2 aliphatic heterocycles. The Morgan fingerprint density at radius 2 is 2.18 bits per heavy atom. The Balaban J connectivity index is 1.65. The fourth-order valence-corrected chi connectivity index (χ4v) is 4.14. The van der Waals surface area contributed by atoms with Gasteiger partial charge in [0, 0.05) is 38.9 Å². The lowest BCUT2D eigenvalue weighted by Gasteiger charge is -2.32. The summed E-state index contributed by atoms with van der Waals surface area (Å²) in [6.45, 7) is 3.73. The number of thiophene rings is 1. The molecule has 1 N–H and O–H groups in total. The van der Waals surface area contributed by atoms with Gasteiger partial charge in [-0.25, -0.2) is 0 Å². The zero-order valence-corrected chi connectivity index (χ0v) is 13.6. The molecule has 122 valence electrons. The van der Waals surface area contributed by atoms with Gasteiger partial charge in [0.25, 0.3) is 0 Å². The summed E-state index contributed by atoms with van der Waals surface area (Å²) in [5, 5.41) is 13.5. The van der Waals surface area contributed by atoms with Crippen molar-refractivity contribution in [1.29, 1.82) is 0 Å². The van der Waals surface area contributed by atoms with Crippen molar-refractivity contribution in [1.82, 2.24) is 9.80 Å². The fourth-order valence-electron chi connectivity index (χ4n) is 3.48. The number of carbonyl (C=O) groups is 1. The van der Waals surface area contributed by atoms with E-state index in [4.69, 9.17) is 4.74 Å². The predicted molar refractivity (Wildman–Crippen MR) is 85.8 cm³/mol. The summed E-state index contributed by atoms with van der Waals surface area (Å²) in [7, 11) is 0. The third-order valence-electron chi connectivity index (χ3n) is 4.64. The van der Waals surface area contributed by atoms with Crippen molar-refractivity contribution in [3.8, 4) is 0 Å². The van der Waals surface area contributed by atoms with Gasteiger partial charge in [0.2, 0.25) is 5.91 Å². The van der Waals surface area contributed by atoms with Crippen LogP contribution in [0.25, 0.3) is 0 Å². The van der Waals surface area contributed by atoms with Gasteiger partial charge in [-0.1, -0.05) is 0 Å². The molecule has 1 aromatic rings. The van der Waals surface area contributed by atoms with Crippen molar-refractivity contribution in [2.24, 2.45) is 0 Å². The molecule has 0 aromatic carbocycles. The van der Waals surface area contributed by atoms with E-state index >= 15 is 0 Å². The van der Waals surface area contributed by atoms with Crippen molar-refractivity contribution in [2.75, 3.05) is 32.9 Å². The van der Waals surface area contributed by atoms with Gasteiger partial charge in [0.15, 0.2) is 0 Å². The fraction of sp³-hybridized carbons (Fsp3) is 0.688. The number of hydrogen-bond acceptors (Lipinski definition) is 5. The Morgan fingerprint density at radius 1 is 1.36 bits per heavy atom. The molecule has 3 rings (SSSR count). The van der Waals surface area contributed by atoms with Crippen LogP contribution in [0.5, 0.6) is 0 Å². The maximum absolute atomic E-state index is 12.8. The molecule has 0 bridgehead atoms. The molecule has 6 heteroatoms. The van der Waals surface area contributed by atoms with E-state index in [1.165, 1.54) is 5.56 Å². The molecular formula is C16H24N2O3S. The minimum Gasteiger partial charge on any atom is -0.395 e. The Labute approximate surface area is 135 Å². The average molecular weight is 324 g/mol. The van der Waals surface area contributed by atoms with Gasteiger partial charge >= 0.3 is 0 Å². The Kier molecular flexibility index (Phi) is 5.46. The van der Waals surface area contributed by atoms with Crippen LogP contribution >= 0.6 is 11.3 Å². The van der Waals surface area contributed by atoms with Crippen LogP contribution in [0.15, 0.2) is 16.8 Å². The van der Waals surface area contributed by atoms with Crippen molar-refractivity contribution in [2.45, 2.75) is 37.9 Å². The topological polar surface area (TPSA) is 53.0 Å². The second-order valence-corrected chi connectivity index (χ2v) is 6.79. The third-order valence-corrected chi connectivity index (χ3v) is 5.37. The lowest BCUT2D eigenvalue weighted by molar-refractivity contribution is -0.135. The number of amides is 1. The molecule has 2 fully saturated rings. The highest BCUT2D eigenvalue weighted by atomic mass is 32.1. The minimum atomic E-state index is -0.0881. The molecule has 0 spiro atoms. The average Bonchev–Trinajstić information content (AvgIpc) is 3.17. The molecule has 5 nitrogen and oxygen atoms in total. The molecule has 1 atom stereocenters. The maximum Gasteiger partial charge on any atom is 0.240 e. The van der Waals surface area contributed by atoms with Crippen molar-refractivity contribution in [3.63, 3.8) is 0 Å². The smallest absolute Gasteiger partial charge is 0.240 e. The summed E-state index contributed by atoms with van der Waals surface area (Å²) < 4.78 is 5.40. The molecule has 3 heterocycles. The van der Waals surface area contributed by atoms with Crippen LogP contribution in [-0.2, 0) is 16.1 Å². The SMILES string of the molecule is O=C1[C@@H](N(CCO)Cc2ccsc2)CCN1C1CCOCC1. The van der Waals surface area contributed by atoms with Gasteiger partial charge < -0.3 is 14.7 Å². The molecule has 1 amide bonds. The first-order valence-electron chi connectivity index (χ1n) is 8.04.